The first kappa shape index (κ1) is 19.8. The van der Waals surface area contributed by atoms with Crippen LogP contribution in [0.4, 0.5) is 4.39 Å². The normalized spacial score (nSPS) is 16.3. The quantitative estimate of drug-likeness (QED) is 0.628. The molecule has 8 heteroatoms. The molecule has 0 unspecified atom stereocenters. The number of Topliss-reactive ketones (excluding diaryl/α,β-unsaturated/α-hetero) is 1. The third-order valence-corrected chi connectivity index (χ3v) is 7.09. The van der Waals surface area contributed by atoms with E-state index in [1.165, 1.54) is 28.6 Å². The minimum absolute atomic E-state index is 0.0186. The van der Waals surface area contributed by atoms with Crippen molar-refractivity contribution in [3.05, 3.63) is 71.7 Å². The highest BCUT2D eigenvalue weighted by Crippen LogP contribution is 2.19. The molecular formula is C21H22FN3O3S. The number of hydrogen-bond acceptors (Lipinski definition) is 4. The van der Waals surface area contributed by atoms with Crippen molar-refractivity contribution < 1.29 is 17.6 Å². The minimum Gasteiger partial charge on any atom is -0.360 e. The summed E-state index contributed by atoms with van der Waals surface area (Å²) < 4.78 is 39.8. The van der Waals surface area contributed by atoms with Crippen LogP contribution in [0.3, 0.4) is 0 Å². The Hall–Kier alpha value is -2.55. The Morgan fingerprint density at radius 3 is 2.41 bits per heavy atom. The second-order valence-electron chi connectivity index (χ2n) is 7.23. The van der Waals surface area contributed by atoms with Crippen LogP contribution in [0.2, 0.25) is 0 Å². The van der Waals surface area contributed by atoms with Crippen molar-refractivity contribution in [3.63, 3.8) is 0 Å². The predicted octanol–water partition coefficient (Wildman–Crippen LogP) is 2.64. The van der Waals surface area contributed by atoms with Gasteiger partial charge in [0.1, 0.15) is 5.82 Å². The maximum atomic E-state index is 13.0. The zero-order chi connectivity index (χ0) is 20.4. The molecule has 1 aromatic heterocycles. The van der Waals surface area contributed by atoms with Crippen LogP contribution in [-0.4, -0.2) is 61.1 Å². The number of aromatic nitrogens is 1. The zero-order valence-corrected chi connectivity index (χ0v) is 16.7. The van der Waals surface area contributed by atoms with E-state index in [0.29, 0.717) is 37.3 Å². The molecule has 0 radical (unpaired) electrons. The molecule has 0 saturated carbocycles. The molecule has 2 heterocycles. The van der Waals surface area contributed by atoms with Crippen LogP contribution in [0.5, 0.6) is 0 Å². The number of ketones is 1. The van der Waals surface area contributed by atoms with Gasteiger partial charge in [0, 0.05) is 48.8 Å². The summed E-state index contributed by atoms with van der Waals surface area (Å²) >= 11 is 0. The number of carbonyl (C=O) groups excluding carboxylic acids is 1. The number of fused-ring (bicyclic) bond motifs is 1. The molecule has 1 aliphatic rings. The van der Waals surface area contributed by atoms with Gasteiger partial charge in [-0.15, -0.1) is 0 Å². The number of hydrogen-bond donors (Lipinski definition) is 1. The smallest absolute Gasteiger partial charge is 0.218 e. The van der Waals surface area contributed by atoms with Crippen molar-refractivity contribution >= 4 is 26.7 Å². The first-order valence-electron chi connectivity index (χ1n) is 9.46. The number of rotatable bonds is 6. The molecule has 1 N–H and O–H groups in total. The van der Waals surface area contributed by atoms with Gasteiger partial charge in [-0.25, -0.2) is 12.8 Å². The van der Waals surface area contributed by atoms with E-state index in [2.05, 4.69) is 4.98 Å². The van der Waals surface area contributed by atoms with Gasteiger partial charge in [-0.2, -0.15) is 4.31 Å². The number of sulfonamides is 1. The van der Waals surface area contributed by atoms with Gasteiger partial charge in [-0.05, 0) is 23.8 Å². The van der Waals surface area contributed by atoms with Crippen molar-refractivity contribution in [1.82, 2.24) is 14.2 Å². The predicted molar refractivity (Wildman–Crippen MR) is 110 cm³/mol. The number of para-hydroxylation sites is 1. The molecule has 0 bridgehead atoms. The number of nitrogens with zero attached hydrogens (tertiary/aromatic N) is 2. The minimum atomic E-state index is -3.48. The Kier molecular flexibility index (Phi) is 5.49. The molecular weight excluding hydrogens is 393 g/mol. The molecule has 1 saturated heterocycles. The zero-order valence-electron chi connectivity index (χ0n) is 15.8. The van der Waals surface area contributed by atoms with Crippen LogP contribution in [-0.2, 0) is 15.8 Å². The standard InChI is InChI=1S/C21H22FN3O3S/c22-17-7-5-16(6-8-17)15-29(27,28)25-11-9-24(10-12-25)14-21(26)19-13-23-20-4-2-1-3-18(19)20/h1-8,13,23H,9-12,14-15H2. The fourth-order valence-electron chi connectivity index (χ4n) is 3.64. The third kappa shape index (κ3) is 4.39. The molecule has 29 heavy (non-hydrogen) atoms. The lowest BCUT2D eigenvalue weighted by molar-refractivity contribution is 0.0903. The van der Waals surface area contributed by atoms with Crippen molar-refractivity contribution in [2.24, 2.45) is 0 Å². The van der Waals surface area contributed by atoms with E-state index in [1.54, 1.807) is 6.20 Å². The molecule has 0 aliphatic carbocycles. The molecule has 2 aromatic carbocycles. The number of piperazine rings is 1. The monoisotopic (exact) mass is 415 g/mol. The van der Waals surface area contributed by atoms with Crippen LogP contribution in [0.1, 0.15) is 15.9 Å². The molecule has 3 aromatic rings. The molecule has 6 nitrogen and oxygen atoms in total. The Bertz CT molecular complexity index is 1120. The Balaban J connectivity index is 1.35. The highest BCUT2D eigenvalue weighted by Gasteiger charge is 2.28. The lowest BCUT2D eigenvalue weighted by Gasteiger charge is -2.33. The van der Waals surface area contributed by atoms with Gasteiger partial charge in [0.25, 0.3) is 0 Å². The van der Waals surface area contributed by atoms with Crippen molar-refractivity contribution in [3.8, 4) is 0 Å². The molecule has 1 fully saturated rings. The fraction of sp³-hybridized carbons (Fsp3) is 0.286. The topological polar surface area (TPSA) is 73.5 Å². The third-order valence-electron chi connectivity index (χ3n) is 5.24. The summed E-state index contributed by atoms with van der Waals surface area (Å²) in [4.78, 5) is 17.8. The Morgan fingerprint density at radius 2 is 1.69 bits per heavy atom. The Labute approximate surface area is 169 Å². The lowest BCUT2D eigenvalue weighted by atomic mass is 10.1. The van der Waals surface area contributed by atoms with E-state index in [0.717, 1.165) is 10.9 Å². The van der Waals surface area contributed by atoms with Gasteiger partial charge in [0.15, 0.2) is 5.78 Å². The van der Waals surface area contributed by atoms with Crippen molar-refractivity contribution in [2.45, 2.75) is 5.75 Å². The summed E-state index contributed by atoms with van der Waals surface area (Å²) in [5.41, 5.74) is 2.14. The van der Waals surface area contributed by atoms with Gasteiger partial charge >= 0.3 is 0 Å². The van der Waals surface area contributed by atoms with E-state index in [9.17, 15) is 17.6 Å². The number of carbonyl (C=O) groups is 1. The van der Waals surface area contributed by atoms with E-state index < -0.39 is 10.0 Å². The summed E-state index contributed by atoms with van der Waals surface area (Å²) in [6.07, 6.45) is 1.73. The highest BCUT2D eigenvalue weighted by atomic mass is 32.2. The number of nitrogens with one attached hydrogen (secondary N) is 1. The molecule has 0 amide bonds. The molecule has 0 atom stereocenters. The van der Waals surface area contributed by atoms with Gasteiger partial charge in [-0.1, -0.05) is 30.3 Å². The highest BCUT2D eigenvalue weighted by molar-refractivity contribution is 7.88. The summed E-state index contributed by atoms with van der Waals surface area (Å²) in [5, 5.41) is 0.901. The second kappa shape index (κ2) is 8.06. The second-order valence-corrected chi connectivity index (χ2v) is 9.20. The maximum absolute atomic E-state index is 13.0. The number of H-pyrrole nitrogens is 1. The average Bonchev–Trinajstić information content (AvgIpc) is 3.14. The van der Waals surface area contributed by atoms with Crippen molar-refractivity contribution in [1.29, 1.82) is 0 Å². The van der Waals surface area contributed by atoms with Gasteiger partial charge < -0.3 is 4.98 Å². The number of benzene rings is 2. The van der Waals surface area contributed by atoms with Crippen LogP contribution in [0.15, 0.2) is 54.7 Å². The van der Waals surface area contributed by atoms with Gasteiger partial charge in [-0.3, -0.25) is 9.69 Å². The van der Waals surface area contributed by atoms with Crippen LogP contribution in [0.25, 0.3) is 10.9 Å². The molecule has 152 valence electrons. The van der Waals surface area contributed by atoms with E-state index in [4.69, 9.17) is 0 Å². The molecule has 1 aliphatic heterocycles. The van der Waals surface area contributed by atoms with E-state index >= 15 is 0 Å². The first-order chi connectivity index (χ1) is 13.9. The summed E-state index contributed by atoms with van der Waals surface area (Å²) in [6, 6.07) is 13.2. The largest absolute Gasteiger partial charge is 0.360 e. The average molecular weight is 415 g/mol. The SMILES string of the molecule is O=C(CN1CCN(S(=O)(=O)Cc2ccc(F)cc2)CC1)c1c[nH]c2ccccc12. The number of halogens is 1. The summed E-state index contributed by atoms with van der Waals surface area (Å²) in [6.45, 7) is 1.93. The Morgan fingerprint density at radius 1 is 1.00 bits per heavy atom. The van der Waals surface area contributed by atoms with Gasteiger partial charge in [0.05, 0.1) is 12.3 Å². The van der Waals surface area contributed by atoms with E-state index in [-0.39, 0.29) is 23.9 Å². The van der Waals surface area contributed by atoms with Crippen LogP contribution in [0, 0.1) is 5.82 Å². The number of aromatic amines is 1. The molecule has 4 rings (SSSR count). The first-order valence-corrected chi connectivity index (χ1v) is 11.1. The summed E-state index contributed by atoms with van der Waals surface area (Å²) in [5.74, 6) is -0.522. The van der Waals surface area contributed by atoms with Crippen LogP contribution < -0.4 is 0 Å². The lowest BCUT2D eigenvalue weighted by Crippen LogP contribution is -2.50. The van der Waals surface area contributed by atoms with E-state index in [1.807, 2.05) is 29.2 Å². The molecule has 0 spiro atoms. The van der Waals surface area contributed by atoms with Gasteiger partial charge in [0.2, 0.25) is 10.0 Å². The maximum Gasteiger partial charge on any atom is 0.218 e. The fourth-order valence-corrected chi connectivity index (χ4v) is 5.15. The van der Waals surface area contributed by atoms with Crippen molar-refractivity contribution in [2.75, 3.05) is 32.7 Å². The summed E-state index contributed by atoms with van der Waals surface area (Å²) in [7, 11) is -3.48. The van der Waals surface area contributed by atoms with Crippen LogP contribution >= 0.6 is 0 Å².